The molecule has 1 aliphatic heterocycles. The average molecular weight is 357 g/mol. The second-order valence-electron chi connectivity index (χ2n) is 5.34. The molecular weight excluding hydrogens is 342 g/mol. The molecule has 2 aromatic heterocycles. The molecule has 122 valence electrons. The van der Waals surface area contributed by atoms with Gasteiger partial charge in [0, 0.05) is 5.69 Å². The van der Waals surface area contributed by atoms with Gasteiger partial charge in [0.1, 0.15) is 12.1 Å². The van der Waals surface area contributed by atoms with Crippen molar-refractivity contribution in [2.24, 2.45) is 0 Å². The summed E-state index contributed by atoms with van der Waals surface area (Å²) in [6, 6.07) is 9.92. The Kier molecular flexibility index (Phi) is 4.03. The van der Waals surface area contributed by atoms with Gasteiger partial charge in [-0.25, -0.2) is 4.98 Å². The topological polar surface area (TPSA) is 56.2 Å². The number of ether oxygens (including phenoxy) is 1. The number of imidazole rings is 1. The number of rotatable bonds is 3. The highest BCUT2D eigenvalue weighted by Gasteiger charge is 2.29. The number of nitrogens with one attached hydrogen (secondary N) is 1. The number of benzene rings is 1. The molecule has 5 nitrogen and oxygen atoms in total. The summed E-state index contributed by atoms with van der Waals surface area (Å²) < 4.78 is 7.27. The first-order chi connectivity index (χ1) is 11.8. The Labute approximate surface area is 147 Å². The maximum absolute atomic E-state index is 12.0. The number of anilines is 1. The Balaban J connectivity index is 1.84. The van der Waals surface area contributed by atoms with E-state index in [1.54, 1.807) is 36.5 Å². The van der Waals surface area contributed by atoms with Gasteiger partial charge >= 0.3 is 0 Å². The summed E-state index contributed by atoms with van der Waals surface area (Å²) in [6.07, 6.45) is 1.76. The number of thiophene rings is 1. The average Bonchev–Trinajstić information content (AvgIpc) is 3.24. The van der Waals surface area contributed by atoms with Crippen LogP contribution in [0.25, 0.3) is 5.69 Å². The molecule has 24 heavy (non-hydrogen) atoms. The lowest BCUT2D eigenvalue weighted by atomic mass is 10.1. The van der Waals surface area contributed by atoms with Crippen LogP contribution in [0.15, 0.2) is 47.4 Å². The maximum atomic E-state index is 12.0. The lowest BCUT2D eigenvalue weighted by molar-refractivity contribution is -0.113. The fourth-order valence-corrected chi connectivity index (χ4v) is 4.62. The van der Waals surface area contributed by atoms with Crippen LogP contribution in [0.3, 0.4) is 0 Å². The molecule has 0 saturated heterocycles. The van der Waals surface area contributed by atoms with Crippen molar-refractivity contribution in [1.29, 1.82) is 0 Å². The molecular formula is C17H15N3O2S2. The Hall–Kier alpha value is -2.25. The van der Waals surface area contributed by atoms with E-state index in [1.165, 1.54) is 5.56 Å². The van der Waals surface area contributed by atoms with Crippen LogP contribution in [-0.2, 0) is 4.79 Å². The van der Waals surface area contributed by atoms with Crippen LogP contribution in [0, 0.1) is 0 Å². The Morgan fingerprint density at radius 1 is 1.29 bits per heavy atom. The molecule has 0 radical (unpaired) electrons. The molecule has 0 spiro atoms. The Bertz CT molecular complexity index is 857. The summed E-state index contributed by atoms with van der Waals surface area (Å²) in [6.45, 7) is 0. The molecule has 1 N–H and O–H groups in total. The molecule has 0 bridgehead atoms. The molecule has 3 heterocycles. The molecule has 1 aromatic carbocycles. The normalized spacial score (nSPS) is 17.0. The first-order valence-electron chi connectivity index (χ1n) is 7.41. The minimum absolute atomic E-state index is 0.0149. The Morgan fingerprint density at radius 3 is 2.83 bits per heavy atom. The zero-order valence-corrected chi connectivity index (χ0v) is 14.6. The number of fused-ring (bicyclic) bond motifs is 1. The molecule has 0 fully saturated rings. The number of methoxy groups -OCH3 is 1. The van der Waals surface area contributed by atoms with Crippen molar-refractivity contribution in [2.45, 2.75) is 5.25 Å². The second-order valence-corrected chi connectivity index (χ2v) is 7.22. The standard InChI is InChI=1S/C17H15N3O2S2/c1-22-13-4-2-12(3-5-13)20-10-18-17-15(20)16(11-6-7-23-8-11)24-9-14(21)19-17/h2-8,10,16H,9H2,1H3,(H,19,21). The molecule has 1 aliphatic rings. The van der Waals surface area contributed by atoms with Crippen molar-refractivity contribution in [3.63, 3.8) is 0 Å². The summed E-state index contributed by atoms with van der Waals surface area (Å²) in [4.78, 5) is 16.4. The third kappa shape index (κ3) is 2.70. The number of nitrogens with zero attached hydrogens (tertiary/aromatic N) is 2. The molecule has 1 amide bonds. The third-order valence-electron chi connectivity index (χ3n) is 3.89. The van der Waals surface area contributed by atoms with Crippen molar-refractivity contribution in [1.82, 2.24) is 9.55 Å². The van der Waals surface area contributed by atoms with Gasteiger partial charge in [0.05, 0.1) is 23.8 Å². The minimum Gasteiger partial charge on any atom is -0.497 e. The number of amides is 1. The first kappa shape index (κ1) is 15.3. The van der Waals surface area contributed by atoms with Gasteiger partial charge in [0.2, 0.25) is 5.91 Å². The quantitative estimate of drug-likeness (QED) is 0.776. The molecule has 1 unspecified atom stereocenters. The lowest BCUT2D eigenvalue weighted by Crippen LogP contribution is -2.12. The van der Waals surface area contributed by atoms with Crippen molar-refractivity contribution in [3.05, 3.63) is 58.7 Å². The van der Waals surface area contributed by atoms with Crippen LogP contribution < -0.4 is 10.1 Å². The lowest BCUT2D eigenvalue weighted by Gasteiger charge is -2.17. The van der Waals surface area contributed by atoms with Gasteiger partial charge in [0.15, 0.2) is 5.82 Å². The number of hydrogen-bond acceptors (Lipinski definition) is 5. The molecule has 0 aliphatic carbocycles. The summed E-state index contributed by atoms with van der Waals surface area (Å²) in [5.41, 5.74) is 3.17. The van der Waals surface area contributed by atoms with E-state index in [4.69, 9.17) is 4.74 Å². The summed E-state index contributed by atoms with van der Waals surface area (Å²) in [5.74, 6) is 1.84. The second kappa shape index (κ2) is 6.33. The van der Waals surface area contributed by atoms with Crippen LogP contribution in [0.4, 0.5) is 5.82 Å². The number of aromatic nitrogens is 2. The fourth-order valence-electron chi connectivity index (χ4n) is 2.74. The van der Waals surface area contributed by atoms with Crippen molar-refractivity contribution in [2.75, 3.05) is 18.2 Å². The molecule has 3 aromatic rings. The zero-order chi connectivity index (χ0) is 16.5. The largest absolute Gasteiger partial charge is 0.497 e. The predicted molar refractivity (Wildman–Crippen MR) is 97.4 cm³/mol. The van der Waals surface area contributed by atoms with Gasteiger partial charge in [-0.15, -0.1) is 11.8 Å². The third-order valence-corrected chi connectivity index (χ3v) is 5.85. The number of carbonyl (C=O) groups excluding carboxylic acids is 1. The maximum Gasteiger partial charge on any atom is 0.235 e. The number of carbonyl (C=O) groups is 1. The molecule has 1 atom stereocenters. The van der Waals surface area contributed by atoms with Crippen LogP contribution in [-0.4, -0.2) is 28.3 Å². The first-order valence-corrected chi connectivity index (χ1v) is 9.40. The van der Waals surface area contributed by atoms with Crippen molar-refractivity contribution >= 4 is 34.8 Å². The highest BCUT2D eigenvalue weighted by atomic mass is 32.2. The van der Waals surface area contributed by atoms with E-state index < -0.39 is 0 Å². The van der Waals surface area contributed by atoms with Gasteiger partial charge < -0.3 is 10.1 Å². The highest BCUT2D eigenvalue weighted by molar-refractivity contribution is 8.00. The molecule has 0 saturated carbocycles. The van der Waals surface area contributed by atoms with E-state index in [0.29, 0.717) is 11.6 Å². The predicted octanol–water partition coefficient (Wildman–Crippen LogP) is 3.72. The summed E-state index contributed by atoms with van der Waals surface area (Å²) >= 11 is 3.28. The Morgan fingerprint density at radius 2 is 2.12 bits per heavy atom. The summed E-state index contributed by atoms with van der Waals surface area (Å²) in [5, 5.41) is 7.17. The minimum atomic E-state index is -0.0149. The van der Waals surface area contributed by atoms with Crippen LogP contribution in [0.1, 0.15) is 16.5 Å². The number of thioether (sulfide) groups is 1. The summed E-state index contributed by atoms with van der Waals surface area (Å²) in [7, 11) is 1.65. The molecule has 4 rings (SSSR count). The van der Waals surface area contributed by atoms with Crippen LogP contribution >= 0.6 is 23.1 Å². The van der Waals surface area contributed by atoms with E-state index in [-0.39, 0.29) is 11.2 Å². The van der Waals surface area contributed by atoms with Crippen LogP contribution in [0.5, 0.6) is 5.75 Å². The van der Waals surface area contributed by atoms with E-state index in [1.807, 2.05) is 28.8 Å². The van der Waals surface area contributed by atoms with Crippen molar-refractivity contribution in [3.8, 4) is 11.4 Å². The van der Waals surface area contributed by atoms with E-state index >= 15 is 0 Å². The van der Waals surface area contributed by atoms with Crippen LogP contribution in [0.2, 0.25) is 0 Å². The van der Waals surface area contributed by atoms with Gasteiger partial charge in [-0.05, 0) is 46.7 Å². The monoisotopic (exact) mass is 357 g/mol. The van der Waals surface area contributed by atoms with E-state index in [2.05, 4.69) is 27.1 Å². The van der Waals surface area contributed by atoms with Gasteiger partial charge in [-0.2, -0.15) is 11.3 Å². The number of hydrogen-bond donors (Lipinski definition) is 1. The van der Waals surface area contributed by atoms with E-state index in [9.17, 15) is 4.79 Å². The fraction of sp³-hybridized carbons (Fsp3) is 0.176. The zero-order valence-electron chi connectivity index (χ0n) is 12.9. The highest BCUT2D eigenvalue weighted by Crippen LogP contribution is 2.42. The SMILES string of the molecule is COc1ccc(-n2cnc3c2C(c2ccsc2)SCC(=O)N3)cc1. The van der Waals surface area contributed by atoms with Gasteiger partial charge in [-0.1, -0.05) is 0 Å². The molecule has 7 heteroatoms. The van der Waals surface area contributed by atoms with Crippen molar-refractivity contribution < 1.29 is 9.53 Å². The van der Waals surface area contributed by atoms with E-state index in [0.717, 1.165) is 17.1 Å². The smallest absolute Gasteiger partial charge is 0.235 e. The van der Waals surface area contributed by atoms with Gasteiger partial charge in [0.25, 0.3) is 0 Å². The van der Waals surface area contributed by atoms with Gasteiger partial charge in [-0.3, -0.25) is 9.36 Å².